The number of pyridine rings is 1. The van der Waals surface area contributed by atoms with Gasteiger partial charge >= 0.3 is 0 Å². The summed E-state index contributed by atoms with van der Waals surface area (Å²) >= 11 is 0. The molecule has 0 bridgehead atoms. The molecule has 2 aromatic heterocycles. The zero-order chi connectivity index (χ0) is 21.6. The van der Waals surface area contributed by atoms with Crippen molar-refractivity contribution in [2.75, 3.05) is 43.0 Å². The van der Waals surface area contributed by atoms with E-state index in [1.165, 1.54) is 0 Å². The molecule has 0 radical (unpaired) electrons. The fourth-order valence-corrected chi connectivity index (χ4v) is 3.29. The Hall–Kier alpha value is -3.68. The number of anilines is 3. The maximum Gasteiger partial charge on any atom is 0.260 e. The van der Waals surface area contributed by atoms with Gasteiger partial charge in [0.15, 0.2) is 18.2 Å². The number of carbonyl (C=O) groups is 1. The fourth-order valence-electron chi connectivity index (χ4n) is 3.29. The molecule has 1 N–H and O–H groups in total. The topological polar surface area (TPSA) is 83.5 Å². The molecule has 31 heavy (non-hydrogen) atoms. The number of nitrogens with zero attached hydrogens (tertiary/aromatic N) is 5. The lowest BCUT2D eigenvalue weighted by molar-refractivity contribution is -0.133. The van der Waals surface area contributed by atoms with Crippen LogP contribution in [-0.4, -0.2) is 58.8 Å². The number of aromatic nitrogens is 3. The monoisotopic (exact) mass is 418 g/mol. The second-order valence-electron chi connectivity index (χ2n) is 7.59. The van der Waals surface area contributed by atoms with Crippen LogP contribution >= 0.6 is 0 Å². The minimum Gasteiger partial charge on any atom is -0.484 e. The molecule has 0 unspecified atom stereocenters. The van der Waals surface area contributed by atoms with Crippen molar-refractivity contribution in [3.8, 4) is 5.75 Å². The molecule has 0 aliphatic carbocycles. The first-order chi connectivity index (χ1) is 15.1. The number of nitrogens with one attached hydrogen (secondary N) is 1. The highest BCUT2D eigenvalue weighted by atomic mass is 16.5. The van der Waals surface area contributed by atoms with E-state index in [4.69, 9.17) is 4.74 Å². The summed E-state index contributed by atoms with van der Waals surface area (Å²) in [7, 11) is 0. The van der Waals surface area contributed by atoms with Crippen molar-refractivity contribution in [3.05, 3.63) is 65.9 Å². The number of ether oxygens (including phenoxy) is 1. The Labute approximate surface area is 181 Å². The van der Waals surface area contributed by atoms with Gasteiger partial charge in [-0.3, -0.25) is 4.79 Å². The zero-order valence-corrected chi connectivity index (χ0v) is 17.8. The largest absolute Gasteiger partial charge is 0.484 e. The smallest absolute Gasteiger partial charge is 0.260 e. The maximum absolute atomic E-state index is 12.5. The van der Waals surface area contributed by atoms with Crippen LogP contribution in [0, 0.1) is 13.8 Å². The third-order valence-electron chi connectivity index (χ3n) is 5.16. The van der Waals surface area contributed by atoms with E-state index in [-0.39, 0.29) is 12.5 Å². The number of hydrogen-bond donors (Lipinski definition) is 1. The van der Waals surface area contributed by atoms with E-state index in [1.54, 1.807) is 6.20 Å². The summed E-state index contributed by atoms with van der Waals surface area (Å²) in [5.41, 5.74) is 2.26. The van der Waals surface area contributed by atoms with Gasteiger partial charge in [0, 0.05) is 32.4 Å². The predicted octanol–water partition coefficient (Wildman–Crippen LogP) is 2.96. The number of rotatable bonds is 6. The molecule has 8 heteroatoms. The third kappa shape index (κ3) is 5.48. The van der Waals surface area contributed by atoms with Gasteiger partial charge in [-0.15, -0.1) is 10.2 Å². The molecule has 1 fully saturated rings. The molecule has 3 aromatic rings. The Bertz CT molecular complexity index is 998. The molecular weight excluding hydrogens is 392 g/mol. The second kappa shape index (κ2) is 9.42. The van der Waals surface area contributed by atoms with Crippen LogP contribution < -0.4 is 15.0 Å². The van der Waals surface area contributed by atoms with Crippen LogP contribution in [0.2, 0.25) is 0 Å². The fraction of sp³-hybridized carbons (Fsp3) is 0.304. The number of piperazine rings is 1. The van der Waals surface area contributed by atoms with E-state index in [0.29, 0.717) is 37.7 Å². The highest BCUT2D eigenvalue weighted by molar-refractivity contribution is 5.78. The first-order valence-electron chi connectivity index (χ1n) is 10.3. The summed E-state index contributed by atoms with van der Waals surface area (Å²) < 4.78 is 5.62. The van der Waals surface area contributed by atoms with Crippen molar-refractivity contribution >= 4 is 23.4 Å². The zero-order valence-electron chi connectivity index (χ0n) is 17.8. The first-order valence-corrected chi connectivity index (χ1v) is 10.3. The van der Waals surface area contributed by atoms with Crippen LogP contribution in [0.5, 0.6) is 5.75 Å². The number of carbonyl (C=O) groups excluding carboxylic acids is 1. The summed E-state index contributed by atoms with van der Waals surface area (Å²) in [6.45, 7) is 6.74. The molecule has 160 valence electrons. The van der Waals surface area contributed by atoms with Crippen molar-refractivity contribution in [2.24, 2.45) is 0 Å². The van der Waals surface area contributed by atoms with Crippen LogP contribution in [0.4, 0.5) is 17.5 Å². The summed E-state index contributed by atoms with van der Waals surface area (Å²) in [4.78, 5) is 20.7. The highest BCUT2D eigenvalue weighted by Crippen LogP contribution is 2.17. The summed E-state index contributed by atoms with van der Waals surface area (Å²) in [6.07, 6.45) is 1.80. The standard InChI is InChI=1S/C23H26N6O2/c1-17-3-6-19(7-4-17)31-16-23(30)29-13-11-28(12-14-29)22-10-9-21(26-27-22)25-20-8-5-18(2)15-24-20/h3-10,15H,11-14,16H2,1-2H3,(H,24,25,26). The molecular formula is C23H26N6O2. The van der Waals surface area contributed by atoms with Gasteiger partial charge in [-0.1, -0.05) is 23.8 Å². The Morgan fingerprint density at radius 3 is 2.26 bits per heavy atom. The van der Waals surface area contributed by atoms with Crippen LogP contribution in [-0.2, 0) is 4.79 Å². The van der Waals surface area contributed by atoms with E-state index in [0.717, 1.165) is 22.8 Å². The number of amides is 1. The molecule has 1 amide bonds. The molecule has 1 aliphatic rings. The minimum absolute atomic E-state index is 0.00328. The van der Waals surface area contributed by atoms with Crippen molar-refractivity contribution < 1.29 is 9.53 Å². The first kappa shape index (κ1) is 20.6. The van der Waals surface area contributed by atoms with Gasteiger partial charge in [0.05, 0.1) is 0 Å². The van der Waals surface area contributed by atoms with Crippen molar-refractivity contribution in [3.63, 3.8) is 0 Å². The van der Waals surface area contributed by atoms with Gasteiger partial charge in [0.2, 0.25) is 0 Å². The van der Waals surface area contributed by atoms with Gasteiger partial charge in [0.1, 0.15) is 11.6 Å². The normalized spacial score (nSPS) is 13.7. The number of benzene rings is 1. The molecule has 4 rings (SSSR count). The van der Waals surface area contributed by atoms with E-state index in [2.05, 4.69) is 25.4 Å². The van der Waals surface area contributed by atoms with Crippen molar-refractivity contribution in [1.29, 1.82) is 0 Å². The Balaban J connectivity index is 1.25. The predicted molar refractivity (Wildman–Crippen MR) is 120 cm³/mol. The average molecular weight is 419 g/mol. The molecule has 0 atom stereocenters. The van der Waals surface area contributed by atoms with Gasteiger partial charge in [-0.25, -0.2) is 4.98 Å². The van der Waals surface area contributed by atoms with E-state index < -0.39 is 0 Å². The average Bonchev–Trinajstić information content (AvgIpc) is 2.81. The number of aryl methyl sites for hydroxylation is 2. The van der Waals surface area contributed by atoms with Gasteiger partial charge in [0.25, 0.3) is 5.91 Å². The van der Waals surface area contributed by atoms with Crippen LogP contribution in [0.25, 0.3) is 0 Å². The third-order valence-corrected chi connectivity index (χ3v) is 5.16. The Morgan fingerprint density at radius 1 is 0.903 bits per heavy atom. The molecule has 0 saturated carbocycles. The van der Waals surface area contributed by atoms with Crippen LogP contribution in [0.15, 0.2) is 54.7 Å². The van der Waals surface area contributed by atoms with E-state index in [9.17, 15) is 4.79 Å². The molecule has 1 saturated heterocycles. The molecule has 3 heterocycles. The van der Waals surface area contributed by atoms with Crippen molar-refractivity contribution in [2.45, 2.75) is 13.8 Å². The second-order valence-corrected chi connectivity index (χ2v) is 7.59. The Kier molecular flexibility index (Phi) is 6.26. The van der Waals surface area contributed by atoms with Gasteiger partial charge in [-0.2, -0.15) is 0 Å². The van der Waals surface area contributed by atoms with E-state index >= 15 is 0 Å². The van der Waals surface area contributed by atoms with Crippen molar-refractivity contribution in [1.82, 2.24) is 20.1 Å². The van der Waals surface area contributed by atoms with Crippen LogP contribution in [0.1, 0.15) is 11.1 Å². The lowest BCUT2D eigenvalue weighted by atomic mass is 10.2. The van der Waals surface area contributed by atoms with Gasteiger partial charge < -0.3 is 19.9 Å². The number of hydrogen-bond acceptors (Lipinski definition) is 7. The lowest BCUT2D eigenvalue weighted by Crippen LogP contribution is -2.50. The van der Waals surface area contributed by atoms with Gasteiger partial charge in [-0.05, 0) is 49.7 Å². The Morgan fingerprint density at radius 2 is 1.61 bits per heavy atom. The molecule has 0 spiro atoms. The summed E-state index contributed by atoms with van der Waals surface area (Å²) in [5, 5.41) is 11.7. The molecule has 1 aromatic carbocycles. The summed E-state index contributed by atoms with van der Waals surface area (Å²) in [5.74, 6) is 2.87. The summed E-state index contributed by atoms with van der Waals surface area (Å²) in [6, 6.07) is 15.4. The molecule has 8 nitrogen and oxygen atoms in total. The minimum atomic E-state index is -0.00328. The quantitative estimate of drug-likeness (QED) is 0.659. The lowest BCUT2D eigenvalue weighted by Gasteiger charge is -2.35. The molecule has 1 aliphatic heterocycles. The highest BCUT2D eigenvalue weighted by Gasteiger charge is 2.22. The van der Waals surface area contributed by atoms with E-state index in [1.807, 2.05) is 67.3 Å². The maximum atomic E-state index is 12.5. The SMILES string of the molecule is Cc1ccc(OCC(=O)N2CCN(c3ccc(Nc4ccc(C)cn4)nn3)CC2)cc1. The van der Waals surface area contributed by atoms with Crippen LogP contribution in [0.3, 0.4) is 0 Å².